The maximum Gasteiger partial charge on any atom is 0.275 e. The number of nitrogens with zero attached hydrogens (tertiary/aromatic N) is 1. The lowest BCUT2D eigenvalue weighted by molar-refractivity contribution is -0.384. The fraction of sp³-hybridized carbons (Fsp3) is 0.571. The Balaban J connectivity index is 2.04. The van der Waals surface area contributed by atoms with Gasteiger partial charge in [0.15, 0.2) is 0 Å². The molecule has 0 heterocycles. The molecule has 1 aliphatic rings. The average Bonchev–Trinajstić information content (AvgIpc) is 3.26. The molecule has 0 amide bonds. The van der Waals surface area contributed by atoms with Gasteiger partial charge in [-0.3, -0.25) is 10.1 Å². The second-order valence-electron chi connectivity index (χ2n) is 5.20. The average molecular weight is 279 g/mol. The topological polar surface area (TPSA) is 90.4 Å². The molecule has 6 nitrogen and oxygen atoms in total. The number of nitro benzene ring substituents is 1. The Morgan fingerprint density at radius 2 is 2.25 bits per heavy atom. The normalized spacial score (nSPS) is 15.7. The van der Waals surface area contributed by atoms with Crippen molar-refractivity contribution in [2.24, 2.45) is 11.7 Å². The molecule has 1 fully saturated rings. The lowest BCUT2D eigenvalue weighted by atomic mass is 10.2. The minimum Gasteiger partial charge on any atom is -0.493 e. The first kappa shape index (κ1) is 14.6. The molecule has 0 radical (unpaired) electrons. The van der Waals surface area contributed by atoms with Crippen molar-refractivity contribution in [3.63, 3.8) is 0 Å². The third kappa shape index (κ3) is 4.09. The molecule has 6 heteroatoms. The molecule has 1 saturated carbocycles. The number of rotatable bonds is 8. The number of ether oxygens (including phenoxy) is 1. The van der Waals surface area contributed by atoms with Gasteiger partial charge in [-0.15, -0.1) is 0 Å². The zero-order valence-corrected chi connectivity index (χ0v) is 11.7. The van der Waals surface area contributed by atoms with E-state index in [1.807, 2.05) is 6.92 Å². The molecule has 1 aromatic carbocycles. The maximum atomic E-state index is 10.9. The van der Waals surface area contributed by atoms with Gasteiger partial charge in [-0.1, -0.05) is 6.92 Å². The molecule has 2 rings (SSSR count). The quantitative estimate of drug-likeness (QED) is 0.563. The number of nitrogens with one attached hydrogen (secondary N) is 1. The summed E-state index contributed by atoms with van der Waals surface area (Å²) in [5, 5.41) is 14.1. The molecule has 20 heavy (non-hydrogen) atoms. The molecule has 0 aliphatic heterocycles. The number of nitro groups is 1. The smallest absolute Gasteiger partial charge is 0.275 e. The predicted octanol–water partition coefficient (Wildman–Crippen LogP) is 2.53. The van der Waals surface area contributed by atoms with Crippen LogP contribution in [0.25, 0.3) is 0 Å². The van der Waals surface area contributed by atoms with Crippen LogP contribution in [-0.2, 0) is 0 Å². The summed E-state index contributed by atoms with van der Waals surface area (Å²) in [6.45, 7) is 3.16. The van der Waals surface area contributed by atoms with Crippen molar-refractivity contribution in [2.75, 3.05) is 18.5 Å². The van der Waals surface area contributed by atoms with Crippen molar-refractivity contribution in [3.8, 4) is 5.75 Å². The second kappa shape index (κ2) is 6.56. The van der Waals surface area contributed by atoms with Crippen molar-refractivity contribution in [2.45, 2.75) is 32.2 Å². The molecule has 1 aromatic rings. The molecule has 1 atom stereocenters. The highest BCUT2D eigenvalue weighted by Gasteiger charge is 2.28. The fourth-order valence-electron chi connectivity index (χ4n) is 2.02. The van der Waals surface area contributed by atoms with Crippen molar-refractivity contribution in [1.29, 1.82) is 0 Å². The van der Waals surface area contributed by atoms with Gasteiger partial charge in [0, 0.05) is 30.4 Å². The number of anilines is 1. The van der Waals surface area contributed by atoms with Gasteiger partial charge in [0.25, 0.3) is 5.69 Å². The zero-order chi connectivity index (χ0) is 14.5. The Hall–Kier alpha value is -1.82. The summed E-state index contributed by atoms with van der Waals surface area (Å²) in [4.78, 5) is 10.5. The fourth-order valence-corrected chi connectivity index (χ4v) is 2.02. The minimum absolute atomic E-state index is 0.0288. The molecule has 0 aromatic heterocycles. The van der Waals surface area contributed by atoms with E-state index in [2.05, 4.69) is 5.32 Å². The molecule has 3 N–H and O–H groups in total. The Morgan fingerprint density at radius 1 is 1.50 bits per heavy atom. The van der Waals surface area contributed by atoms with Crippen LogP contribution < -0.4 is 15.8 Å². The highest BCUT2D eigenvalue weighted by atomic mass is 16.6. The molecule has 1 unspecified atom stereocenters. The summed E-state index contributed by atoms with van der Waals surface area (Å²) < 4.78 is 5.48. The van der Waals surface area contributed by atoms with E-state index in [1.54, 1.807) is 6.07 Å². The molecule has 0 spiro atoms. The Bertz CT molecular complexity index is 475. The van der Waals surface area contributed by atoms with Crippen LogP contribution in [0.1, 0.15) is 26.2 Å². The van der Waals surface area contributed by atoms with Crippen LogP contribution in [-0.4, -0.2) is 24.1 Å². The second-order valence-corrected chi connectivity index (χ2v) is 5.20. The summed E-state index contributed by atoms with van der Waals surface area (Å²) in [6, 6.07) is 4.84. The molecular formula is C14H21N3O3. The number of non-ortho nitro benzene ring substituents is 1. The molecule has 0 saturated heterocycles. The molecule has 0 bridgehead atoms. The number of hydrogen-bond acceptors (Lipinski definition) is 5. The Kier molecular flexibility index (Phi) is 4.79. The summed E-state index contributed by atoms with van der Waals surface area (Å²) >= 11 is 0. The number of nitrogens with two attached hydrogens (primary N) is 1. The lowest BCUT2D eigenvalue weighted by Gasteiger charge is -2.13. The third-order valence-corrected chi connectivity index (χ3v) is 3.34. The standard InChI is InChI=1S/C14H21N3O3/c1-2-5-20-13-7-11(6-12(8-13)17(18)19)16-9-14(15)10-3-4-10/h6-8,10,14,16H,2-5,9,15H2,1H3. The number of benzene rings is 1. The van der Waals surface area contributed by atoms with Crippen LogP contribution in [0.15, 0.2) is 18.2 Å². The highest BCUT2D eigenvalue weighted by molar-refractivity contribution is 5.56. The van der Waals surface area contributed by atoms with Crippen LogP contribution in [0, 0.1) is 16.0 Å². The predicted molar refractivity (Wildman–Crippen MR) is 78.1 cm³/mol. The van der Waals surface area contributed by atoms with Crippen molar-refractivity contribution in [3.05, 3.63) is 28.3 Å². The SMILES string of the molecule is CCCOc1cc(NCC(N)C2CC2)cc([N+](=O)[O-])c1. The van der Waals surface area contributed by atoms with Gasteiger partial charge >= 0.3 is 0 Å². The Labute approximate surface area is 118 Å². The number of hydrogen-bond donors (Lipinski definition) is 2. The van der Waals surface area contributed by atoms with E-state index in [0.717, 1.165) is 6.42 Å². The van der Waals surface area contributed by atoms with E-state index in [4.69, 9.17) is 10.5 Å². The third-order valence-electron chi connectivity index (χ3n) is 3.34. The summed E-state index contributed by atoms with van der Waals surface area (Å²) in [5.41, 5.74) is 6.73. The van der Waals surface area contributed by atoms with Crippen LogP contribution in [0.2, 0.25) is 0 Å². The van der Waals surface area contributed by atoms with E-state index in [1.165, 1.54) is 25.0 Å². The summed E-state index contributed by atoms with van der Waals surface area (Å²) in [7, 11) is 0. The van der Waals surface area contributed by atoms with E-state index in [-0.39, 0.29) is 11.7 Å². The van der Waals surface area contributed by atoms with Gasteiger partial charge in [0.2, 0.25) is 0 Å². The van der Waals surface area contributed by atoms with Crippen LogP contribution in [0.5, 0.6) is 5.75 Å². The Morgan fingerprint density at radius 3 is 2.85 bits per heavy atom. The van der Waals surface area contributed by atoms with Gasteiger partial charge in [0.05, 0.1) is 17.6 Å². The van der Waals surface area contributed by atoms with E-state index in [9.17, 15) is 10.1 Å². The molecule has 110 valence electrons. The minimum atomic E-state index is -0.412. The van der Waals surface area contributed by atoms with Crippen LogP contribution in [0.3, 0.4) is 0 Å². The first-order chi connectivity index (χ1) is 9.60. The van der Waals surface area contributed by atoms with E-state index < -0.39 is 4.92 Å². The van der Waals surface area contributed by atoms with Gasteiger partial charge in [0.1, 0.15) is 5.75 Å². The van der Waals surface area contributed by atoms with Gasteiger partial charge < -0.3 is 15.8 Å². The van der Waals surface area contributed by atoms with Crippen molar-refractivity contribution < 1.29 is 9.66 Å². The van der Waals surface area contributed by atoms with Crippen LogP contribution in [0.4, 0.5) is 11.4 Å². The van der Waals surface area contributed by atoms with Gasteiger partial charge in [-0.05, 0) is 25.2 Å². The first-order valence-electron chi connectivity index (χ1n) is 7.02. The van der Waals surface area contributed by atoms with Crippen molar-refractivity contribution in [1.82, 2.24) is 0 Å². The molecular weight excluding hydrogens is 258 g/mol. The van der Waals surface area contributed by atoms with E-state index >= 15 is 0 Å². The molecule has 1 aliphatic carbocycles. The lowest BCUT2D eigenvalue weighted by Crippen LogP contribution is -2.31. The zero-order valence-electron chi connectivity index (χ0n) is 11.7. The van der Waals surface area contributed by atoms with E-state index in [0.29, 0.717) is 30.5 Å². The first-order valence-corrected chi connectivity index (χ1v) is 7.02. The van der Waals surface area contributed by atoms with Gasteiger partial charge in [-0.25, -0.2) is 0 Å². The van der Waals surface area contributed by atoms with Crippen LogP contribution >= 0.6 is 0 Å². The summed E-state index contributed by atoms with van der Waals surface area (Å²) in [6.07, 6.45) is 3.23. The maximum absolute atomic E-state index is 10.9. The summed E-state index contributed by atoms with van der Waals surface area (Å²) in [5.74, 6) is 1.11. The largest absolute Gasteiger partial charge is 0.493 e. The monoisotopic (exact) mass is 279 g/mol. The highest BCUT2D eigenvalue weighted by Crippen LogP contribution is 2.32. The van der Waals surface area contributed by atoms with Gasteiger partial charge in [-0.2, -0.15) is 0 Å². The van der Waals surface area contributed by atoms with Crippen molar-refractivity contribution >= 4 is 11.4 Å².